The molecule has 1 aromatic heterocycles. The molecule has 0 aliphatic rings. The molecule has 0 unspecified atom stereocenters. The van der Waals surface area contributed by atoms with E-state index in [2.05, 4.69) is 15.3 Å². The molecule has 7 heteroatoms. The van der Waals surface area contributed by atoms with Crippen molar-refractivity contribution >= 4 is 5.82 Å². The maximum atomic E-state index is 12.2. The lowest BCUT2D eigenvalue weighted by Crippen LogP contribution is -2.39. The van der Waals surface area contributed by atoms with Crippen LogP contribution in [0, 0.1) is 0 Å². The second kappa shape index (κ2) is 4.25. The third-order valence-electron chi connectivity index (χ3n) is 1.67. The molecule has 0 bridgehead atoms. The highest BCUT2D eigenvalue weighted by Gasteiger charge is 2.32. The Morgan fingerprint density at radius 2 is 1.88 bits per heavy atom. The van der Waals surface area contributed by atoms with E-state index in [1.54, 1.807) is 13.8 Å². The summed E-state index contributed by atoms with van der Waals surface area (Å²) in [6.45, 7) is 3.97. The van der Waals surface area contributed by atoms with Gasteiger partial charge in [0.05, 0.1) is 12.4 Å². The normalized spacial score (nSPS) is 12.6. The Bertz CT molecular complexity index is 339. The number of rotatable bonds is 3. The van der Waals surface area contributed by atoms with E-state index in [-0.39, 0.29) is 5.82 Å². The summed E-state index contributed by atoms with van der Waals surface area (Å²) in [5, 5.41) is 2.80. The fourth-order valence-corrected chi connectivity index (χ4v) is 0.884. The van der Waals surface area contributed by atoms with Crippen molar-refractivity contribution in [3.05, 3.63) is 18.1 Å². The molecule has 0 aromatic carbocycles. The van der Waals surface area contributed by atoms with E-state index in [4.69, 9.17) is 5.73 Å². The van der Waals surface area contributed by atoms with E-state index in [9.17, 15) is 13.2 Å². The van der Waals surface area contributed by atoms with Crippen molar-refractivity contribution in [1.82, 2.24) is 9.97 Å². The molecule has 90 valence electrons. The van der Waals surface area contributed by atoms with E-state index in [1.165, 1.54) is 0 Å². The Morgan fingerprint density at radius 3 is 2.25 bits per heavy atom. The summed E-state index contributed by atoms with van der Waals surface area (Å²) in [6.07, 6.45) is -2.74. The Balaban J connectivity index is 2.66. The first-order valence-corrected chi connectivity index (χ1v) is 4.60. The third kappa shape index (κ3) is 4.01. The Hall–Kier alpha value is -1.37. The minimum Gasteiger partial charge on any atom is -0.367 e. The lowest BCUT2D eigenvalue weighted by atomic mass is 10.1. The quantitative estimate of drug-likeness (QED) is 0.834. The minimum absolute atomic E-state index is 0.270. The van der Waals surface area contributed by atoms with E-state index >= 15 is 0 Å². The van der Waals surface area contributed by atoms with Crippen molar-refractivity contribution in [3.63, 3.8) is 0 Å². The number of nitrogens with one attached hydrogen (secondary N) is 1. The first kappa shape index (κ1) is 12.7. The second-order valence-corrected chi connectivity index (χ2v) is 4.13. The van der Waals surface area contributed by atoms with Crippen LogP contribution in [0.2, 0.25) is 0 Å². The molecule has 0 amide bonds. The molecule has 0 saturated heterocycles. The number of alkyl halides is 3. The Kier molecular flexibility index (Phi) is 3.37. The predicted molar refractivity (Wildman–Crippen MR) is 53.8 cm³/mol. The largest absolute Gasteiger partial charge is 0.434 e. The summed E-state index contributed by atoms with van der Waals surface area (Å²) in [5.41, 5.74) is 4.21. The van der Waals surface area contributed by atoms with Crippen LogP contribution in [0.4, 0.5) is 19.0 Å². The molecule has 0 spiro atoms. The summed E-state index contributed by atoms with van der Waals surface area (Å²) < 4.78 is 36.5. The third-order valence-corrected chi connectivity index (χ3v) is 1.67. The Morgan fingerprint density at radius 1 is 1.25 bits per heavy atom. The van der Waals surface area contributed by atoms with Crippen LogP contribution < -0.4 is 11.1 Å². The summed E-state index contributed by atoms with van der Waals surface area (Å²) in [5.74, 6) is 0.270. The fourth-order valence-electron chi connectivity index (χ4n) is 0.884. The first-order chi connectivity index (χ1) is 7.18. The zero-order chi connectivity index (χ0) is 12.4. The molecule has 0 radical (unpaired) electrons. The van der Waals surface area contributed by atoms with E-state index in [0.29, 0.717) is 12.7 Å². The van der Waals surface area contributed by atoms with Crippen molar-refractivity contribution in [2.45, 2.75) is 25.6 Å². The summed E-state index contributed by atoms with van der Waals surface area (Å²) in [4.78, 5) is 6.86. The van der Waals surface area contributed by atoms with Gasteiger partial charge in [-0.1, -0.05) is 0 Å². The molecule has 4 nitrogen and oxygen atoms in total. The molecular weight excluding hydrogens is 221 g/mol. The van der Waals surface area contributed by atoms with E-state index in [1.807, 2.05) is 0 Å². The van der Waals surface area contributed by atoms with Crippen molar-refractivity contribution in [3.8, 4) is 0 Å². The van der Waals surface area contributed by atoms with Gasteiger partial charge in [-0.05, 0) is 13.8 Å². The van der Waals surface area contributed by atoms with E-state index < -0.39 is 17.4 Å². The molecule has 3 N–H and O–H groups in total. The monoisotopic (exact) mass is 234 g/mol. The molecular formula is C9H13F3N4. The minimum atomic E-state index is -4.46. The van der Waals surface area contributed by atoms with Crippen LogP contribution in [-0.4, -0.2) is 22.1 Å². The number of hydrogen-bond acceptors (Lipinski definition) is 4. The van der Waals surface area contributed by atoms with Gasteiger partial charge in [-0.25, -0.2) is 9.97 Å². The molecule has 1 rings (SSSR count). The van der Waals surface area contributed by atoms with Gasteiger partial charge >= 0.3 is 6.18 Å². The summed E-state index contributed by atoms with van der Waals surface area (Å²) >= 11 is 0. The maximum Gasteiger partial charge on any atom is 0.434 e. The SMILES string of the molecule is CC(C)(N)CNc1cnc(C(F)(F)F)cn1. The lowest BCUT2D eigenvalue weighted by molar-refractivity contribution is -0.141. The van der Waals surface area contributed by atoms with Crippen LogP contribution in [0.1, 0.15) is 19.5 Å². The van der Waals surface area contributed by atoms with Gasteiger partial charge < -0.3 is 11.1 Å². The molecule has 1 heterocycles. The molecule has 0 aliphatic carbocycles. The zero-order valence-electron chi connectivity index (χ0n) is 8.97. The van der Waals surface area contributed by atoms with Crippen LogP contribution >= 0.6 is 0 Å². The maximum absolute atomic E-state index is 12.2. The van der Waals surface area contributed by atoms with Crippen LogP contribution in [0.25, 0.3) is 0 Å². The van der Waals surface area contributed by atoms with Gasteiger partial charge in [0.25, 0.3) is 0 Å². The van der Waals surface area contributed by atoms with Gasteiger partial charge in [0.15, 0.2) is 5.69 Å². The van der Waals surface area contributed by atoms with Gasteiger partial charge in [0.1, 0.15) is 5.82 Å². The van der Waals surface area contributed by atoms with Gasteiger partial charge in [-0.15, -0.1) is 0 Å². The van der Waals surface area contributed by atoms with Crippen molar-refractivity contribution in [2.75, 3.05) is 11.9 Å². The van der Waals surface area contributed by atoms with Crippen LogP contribution in [0.3, 0.4) is 0 Å². The number of nitrogens with zero attached hydrogens (tertiary/aromatic N) is 2. The van der Waals surface area contributed by atoms with Gasteiger partial charge in [0, 0.05) is 12.1 Å². The standard InChI is InChI=1S/C9H13F3N4/c1-8(2,13)5-16-7-4-14-6(3-15-7)9(10,11)12/h3-4H,5,13H2,1-2H3,(H,15,16). The highest BCUT2D eigenvalue weighted by atomic mass is 19.4. The highest BCUT2D eigenvalue weighted by Crippen LogP contribution is 2.26. The number of halogens is 3. The molecule has 0 aliphatic heterocycles. The first-order valence-electron chi connectivity index (χ1n) is 4.60. The highest BCUT2D eigenvalue weighted by molar-refractivity contribution is 5.31. The Labute approximate surface area is 91.1 Å². The number of hydrogen-bond donors (Lipinski definition) is 2. The van der Waals surface area contributed by atoms with Gasteiger partial charge in [-0.3, -0.25) is 0 Å². The average molecular weight is 234 g/mol. The number of anilines is 1. The van der Waals surface area contributed by atoms with Gasteiger partial charge in [0.2, 0.25) is 0 Å². The molecule has 1 aromatic rings. The summed E-state index contributed by atoms with van der Waals surface area (Å²) in [6, 6.07) is 0. The lowest BCUT2D eigenvalue weighted by Gasteiger charge is -2.19. The van der Waals surface area contributed by atoms with Crippen molar-refractivity contribution < 1.29 is 13.2 Å². The summed E-state index contributed by atoms with van der Waals surface area (Å²) in [7, 11) is 0. The van der Waals surface area contributed by atoms with Gasteiger partial charge in [-0.2, -0.15) is 13.2 Å². The van der Waals surface area contributed by atoms with Crippen molar-refractivity contribution in [2.24, 2.45) is 5.73 Å². The zero-order valence-corrected chi connectivity index (χ0v) is 8.97. The number of nitrogens with two attached hydrogens (primary N) is 1. The molecule has 0 fully saturated rings. The van der Waals surface area contributed by atoms with Crippen LogP contribution in [-0.2, 0) is 6.18 Å². The van der Waals surface area contributed by atoms with Crippen LogP contribution in [0.5, 0.6) is 0 Å². The molecule has 16 heavy (non-hydrogen) atoms. The average Bonchev–Trinajstić information content (AvgIpc) is 2.13. The van der Waals surface area contributed by atoms with Crippen LogP contribution in [0.15, 0.2) is 12.4 Å². The van der Waals surface area contributed by atoms with Crippen molar-refractivity contribution in [1.29, 1.82) is 0 Å². The molecule has 0 atom stereocenters. The van der Waals surface area contributed by atoms with E-state index in [0.717, 1.165) is 6.20 Å². The second-order valence-electron chi connectivity index (χ2n) is 4.13. The predicted octanol–water partition coefficient (Wildman–Crippen LogP) is 1.64. The number of aromatic nitrogens is 2. The smallest absolute Gasteiger partial charge is 0.367 e. The fraction of sp³-hybridized carbons (Fsp3) is 0.556. The molecule has 0 saturated carbocycles. The topological polar surface area (TPSA) is 63.8 Å².